The summed E-state index contributed by atoms with van der Waals surface area (Å²) in [6.45, 7) is 20.5. The summed E-state index contributed by atoms with van der Waals surface area (Å²) in [4.78, 5) is 0. The Kier molecular flexibility index (Phi) is 65.3. The Balaban J connectivity index is -0.000000264. The van der Waals surface area contributed by atoms with Crippen molar-refractivity contribution in [3.05, 3.63) is 0 Å². The van der Waals surface area contributed by atoms with Crippen molar-refractivity contribution in [3.63, 3.8) is 0 Å². The molecule has 0 saturated heterocycles. The van der Waals surface area contributed by atoms with Gasteiger partial charge in [-0.05, 0) is 51.4 Å². The number of nitriles is 3. The van der Waals surface area contributed by atoms with E-state index in [4.69, 9.17) is 65.3 Å². The molecule has 8 unspecified atom stereocenters. The van der Waals surface area contributed by atoms with Crippen LogP contribution < -0.4 is 66.5 Å². The molecule has 0 aliphatic heterocycles. The number of hydrogen-bond acceptors (Lipinski definition) is 19. The van der Waals surface area contributed by atoms with E-state index in [-0.39, 0.29) is 23.5 Å². The second kappa shape index (κ2) is 61.2. The summed E-state index contributed by atoms with van der Waals surface area (Å²) in [7, 11) is 0. The first-order valence-electron chi connectivity index (χ1n) is 27.3. The van der Waals surface area contributed by atoms with E-state index in [1.807, 2.05) is 55.4 Å². The molecule has 4 aliphatic carbocycles. The summed E-state index contributed by atoms with van der Waals surface area (Å²) in [6.07, 6.45) is 22.4. The summed E-state index contributed by atoms with van der Waals surface area (Å²) in [5, 5.41) is 86.4. The van der Waals surface area contributed by atoms with Gasteiger partial charge in [0.15, 0.2) is 0 Å². The number of hydrogen-bond donors (Lipinski definition) is 16. The topological polar surface area (TPSA) is 418 Å². The fraction of sp³-hybridized carbons (Fsp3) is 0.880. The highest BCUT2D eigenvalue weighted by atomic mass is 16.4. The standard InChI is InChI=1S/C12H26N6O2.C12H20N4.C9H20N4O.C9H17N3.4C2H6.H3NO/c13-11(17-19)5-7-15-9-3-1-2-4-10(9)16-8-6-12(14)18-20;13-7-3-9-15-11-5-1-2-6-12(11)16-10-4-8-14;10-7-3-1-2-4-8(7)12-6-5-9(11)13-14;10-6-3-7-12-9-5-2-1-4-8(9)11;5*1-2/h9-10,15-16,19-20H,1-8H2,(H2,13,17)(H2,14,18);11-12,15-16H,1-6,9-10H2;7-8,12,14H,1-6,10H2,(H2,11,13);8-9,12H,1-5,7,11H2;4*1-2H3;2H,1H2. The first-order valence-corrected chi connectivity index (χ1v) is 27.3. The summed E-state index contributed by atoms with van der Waals surface area (Å²) in [5.41, 5.74) is 28.1. The van der Waals surface area contributed by atoms with Gasteiger partial charge in [-0.3, -0.25) is 0 Å². The number of nitrogens with two attached hydrogens (primary N) is 6. The maximum atomic E-state index is 8.49. The van der Waals surface area contributed by atoms with Gasteiger partial charge in [-0.15, -0.1) is 0 Å². The van der Waals surface area contributed by atoms with Gasteiger partial charge in [0, 0.05) is 126 Å². The number of nitrogens with one attached hydrogen (secondary N) is 6. The average molecular weight is 1030 g/mol. The third-order valence-electron chi connectivity index (χ3n) is 11.8. The van der Waals surface area contributed by atoms with Crippen LogP contribution in [0, 0.1) is 34.0 Å². The lowest BCUT2D eigenvalue weighted by molar-refractivity contribution is 0.286. The molecule has 72 heavy (non-hydrogen) atoms. The molecule has 0 radical (unpaired) electrons. The third kappa shape index (κ3) is 44.6. The van der Waals surface area contributed by atoms with Crippen LogP contribution in [-0.2, 0) is 0 Å². The van der Waals surface area contributed by atoms with Crippen molar-refractivity contribution in [1.29, 1.82) is 15.8 Å². The van der Waals surface area contributed by atoms with Gasteiger partial charge in [0.1, 0.15) is 17.5 Å². The highest BCUT2D eigenvalue weighted by Gasteiger charge is 2.25. The van der Waals surface area contributed by atoms with E-state index >= 15 is 0 Å². The molecule has 0 bridgehead atoms. The van der Waals surface area contributed by atoms with E-state index in [2.05, 4.69) is 71.5 Å². The zero-order chi connectivity index (χ0) is 55.6. The van der Waals surface area contributed by atoms with E-state index in [1.165, 1.54) is 70.6 Å². The van der Waals surface area contributed by atoms with E-state index in [1.54, 1.807) is 0 Å². The van der Waals surface area contributed by atoms with Crippen LogP contribution in [0.1, 0.15) is 197 Å². The molecule has 4 aliphatic rings. The summed E-state index contributed by atoms with van der Waals surface area (Å²) in [6, 6.07) is 9.53. The lowest BCUT2D eigenvalue weighted by Crippen LogP contribution is -2.50. The summed E-state index contributed by atoms with van der Waals surface area (Å²) < 4.78 is 0. The van der Waals surface area contributed by atoms with E-state index in [9.17, 15) is 0 Å². The van der Waals surface area contributed by atoms with Crippen LogP contribution >= 0.6 is 0 Å². The smallest absolute Gasteiger partial charge is 0.140 e. The molecule has 22 nitrogen and oxygen atoms in total. The van der Waals surface area contributed by atoms with Crippen LogP contribution in [0.25, 0.3) is 0 Å². The van der Waals surface area contributed by atoms with Crippen LogP contribution in [0.5, 0.6) is 0 Å². The molecule has 0 aromatic rings. The van der Waals surface area contributed by atoms with Gasteiger partial charge in [0.05, 0.1) is 18.2 Å². The van der Waals surface area contributed by atoms with Crippen molar-refractivity contribution in [2.24, 2.45) is 50.0 Å². The molecule has 0 aromatic carbocycles. The molecule has 424 valence electrons. The van der Waals surface area contributed by atoms with Gasteiger partial charge in [0.2, 0.25) is 0 Å². The highest BCUT2D eigenvalue weighted by Crippen LogP contribution is 2.20. The monoisotopic (exact) mass is 1030 g/mol. The molecule has 22 heteroatoms. The normalized spacial score (nSPS) is 23.4. The second-order valence-electron chi connectivity index (χ2n) is 16.6. The largest absolute Gasteiger partial charge is 0.409 e. The van der Waals surface area contributed by atoms with Crippen LogP contribution in [0.4, 0.5) is 0 Å². The van der Waals surface area contributed by atoms with Crippen molar-refractivity contribution >= 4 is 17.5 Å². The Morgan fingerprint density at radius 1 is 0.389 bits per heavy atom. The molecule has 0 aromatic heterocycles. The maximum absolute atomic E-state index is 8.49. The molecular formula is C50H110N18O4. The van der Waals surface area contributed by atoms with Crippen LogP contribution in [0.15, 0.2) is 15.5 Å². The summed E-state index contributed by atoms with van der Waals surface area (Å²) in [5.74, 6) is 4.25. The Morgan fingerprint density at radius 2 is 0.583 bits per heavy atom. The number of amidine groups is 3. The SMILES string of the molecule is CC.CC.CC.CC.N#CCCNC1CCCCC1N.N#CCCNC1CCCCC1NCCC#N.N/C(CCNC1CCCCC1N)=N\O.N/C(CCNC1CCCCC1NCC/C(N)=N\O)=N/O.NO. The number of nitrogens with zero attached hydrogens (tertiary/aromatic N) is 6. The predicted molar refractivity (Wildman–Crippen MR) is 297 cm³/mol. The van der Waals surface area contributed by atoms with Gasteiger partial charge in [-0.25, -0.2) is 5.90 Å². The average Bonchev–Trinajstić information content (AvgIpc) is 3.44. The minimum Gasteiger partial charge on any atom is -0.409 e. The van der Waals surface area contributed by atoms with Gasteiger partial charge in [-0.2, -0.15) is 15.8 Å². The van der Waals surface area contributed by atoms with Crippen molar-refractivity contribution in [2.75, 3.05) is 39.3 Å². The van der Waals surface area contributed by atoms with Gasteiger partial charge in [0.25, 0.3) is 0 Å². The third-order valence-corrected chi connectivity index (χ3v) is 11.8. The molecule has 4 rings (SSSR count). The Labute approximate surface area is 437 Å². The number of rotatable bonds is 21. The lowest BCUT2D eigenvalue weighted by Gasteiger charge is -2.33. The Hall–Kier alpha value is -4.12. The van der Waals surface area contributed by atoms with Crippen LogP contribution in [-0.4, -0.2) is 126 Å². The minimum atomic E-state index is 0.241. The quantitative estimate of drug-likeness (QED) is 0.0230. The molecule has 0 spiro atoms. The first kappa shape index (κ1) is 76.8. The molecule has 8 atom stereocenters. The van der Waals surface area contributed by atoms with Crippen molar-refractivity contribution in [1.82, 2.24) is 31.9 Å². The van der Waals surface area contributed by atoms with Gasteiger partial charge in [-0.1, -0.05) is 122 Å². The minimum absolute atomic E-state index is 0.241. The Bertz CT molecular complexity index is 1300. The van der Waals surface area contributed by atoms with E-state index in [0.717, 1.165) is 58.3 Å². The second-order valence-corrected chi connectivity index (χ2v) is 16.6. The molecule has 4 fully saturated rings. The maximum Gasteiger partial charge on any atom is 0.140 e. The van der Waals surface area contributed by atoms with E-state index in [0.29, 0.717) is 93.9 Å². The highest BCUT2D eigenvalue weighted by molar-refractivity contribution is 5.80. The first-order chi connectivity index (χ1) is 35.1. The zero-order valence-electron chi connectivity index (χ0n) is 46.4. The molecule has 22 N–H and O–H groups in total. The molecule has 0 amide bonds. The fourth-order valence-electron chi connectivity index (χ4n) is 8.31. The van der Waals surface area contributed by atoms with Crippen molar-refractivity contribution < 1.29 is 20.8 Å². The van der Waals surface area contributed by atoms with Crippen molar-refractivity contribution in [2.45, 2.75) is 245 Å². The van der Waals surface area contributed by atoms with Crippen LogP contribution in [0.2, 0.25) is 0 Å². The number of oxime groups is 3. The fourth-order valence-corrected chi connectivity index (χ4v) is 8.31. The van der Waals surface area contributed by atoms with Gasteiger partial charge >= 0.3 is 0 Å². The van der Waals surface area contributed by atoms with Crippen molar-refractivity contribution in [3.8, 4) is 18.2 Å². The Morgan fingerprint density at radius 3 is 0.806 bits per heavy atom. The van der Waals surface area contributed by atoms with Gasteiger partial charge < -0.3 is 81.4 Å². The predicted octanol–water partition coefficient (Wildman–Crippen LogP) is 5.24. The van der Waals surface area contributed by atoms with E-state index < -0.39 is 0 Å². The van der Waals surface area contributed by atoms with Crippen LogP contribution in [0.3, 0.4) is 0 Å². The summed E-state index contributed by atoms with van der Waals surface area (Å²) >= 11 is 0. The lowest BCUT2D eigenvalue weighted by atomic mass is 9.90. The molecule has 4 saturated carbocycles. The molecule has 0 heterocycles. The zero-order valence-corrected chi connectivity index (χ0v) is 46.4. The molecular weight excluding hydrogens is 917 g/mol.